The number of nitrogens with one attached hydrogen (secondary N) is 2. The number of halogens is 2. The Balaban J connectivity index is -0.000000525. The minimum Gasteiger partial charge on any atom is -1.00 e. The summed E-state index contributed by atoms with van der Waals surface area (Å²) in [6, 6.07) is 0.206. The summed E-state index contributed by atoms with van der Waals surface area (Å²) >= 11 is 5.77. The van der Waals surface area contributed by atoms with E-state index in [1.165, 1.54) is 83.6 Å². The Morgan fingerprint density at radius 3 is 1.77 bits per heavy atom. The quantitative estimate of drug-likeness (QED) is 0.181. The first-order valence-electron chi connectivity index (χ1n) is 12.2. The van der Waals surface area contributed by atoms with Gasteiger partial charge in [-0.3, -0.25) is 4.79 Å². The minimum absolute atomic E-state index is 0. The number of carbonyl (C=O) groups is 1. The highest BCUT2D eigenvalue weighted by molar-refractivity contribution is 6.17. The smallest absolute Gasteiger partial charge is 0.246 e. The van der Waals surface area contributed by atoms with Gasteiger partial charge in [-0.2, -0.15) is 0 Å². The van der Waals surface area contributed by atoms with Gasteiger partial charge in [-0.1, -0.05) is 84.6 Å². The molecule has 0 saturated carbocycles. The van der Waals surface area contributed by atoms with E-state index in [-0.39, 0.29) is 24.4 Å². The third-order valence-corrected chi connectivity index (χ3v) is 5.34. The van der Waals surface area contributed by atoms with Gasteiger partial charge in [-0.05, 0) is 32.6 Å². The van der Waals surface area contributed by atoms with Crippen LogP contribution in [0.25, 0.3) is 0 Å². The number of rotatable bonds is 18. The van der Waals surface area contributed by atoms with Crippen LogP contribution in [0.2, 0.25) is 0 Å². The molecule has 0 bridgehead atoms. The lowest BCUT2D eigenvalue weighted by Crippen LogP contribution is -3.05. The van der Waals surface area contributed by atoms with Gasteiger partial charge in [0.1, 0.15) is 0 Å². The first kappa shape index (κ1) is 34.4. The van der Waals surface area contributed by atoms with Crippen molar-refractivity contribution in [3.8, 4) is 0 Å². The van der Waals surface area contributed by atoms with Gasteiger partial charge in [0, 0.05) is 17.5 Å². The molecule has 0 aliphatic carbocycles. The van der Waals surface area contributed by atoms with Gasteiger partial charge in [0.2, 0.25) is 5.91 Å². The topological polar surface area (TPSA) is 33.5 Å². The first-order valence-corrected chi connectivity index (χ1v) is 12.7. The minimum atomic E-state index is -0.0453. The lowest BCUT2D eigenvalue weighted by atomic mass is 10.0. The molecule has 0 fully saturated rings. The molecule has 1 atom stereocenters. The monoisotopic (exact) mass is 466 g/mol. The maximum Gasteiger partial charge on any atom is 0.246 e. The van der Waals surface area contributed by atoms with Gasteiger partial charge in [0.15, 0.2) is 0 Å². The van der Waals surface area contributed by atoms with Gasteiger partial charge in [0.25, 0.3) is 0 Å². The van der Waals surface area contributed by atoms with E-state index in [1.54, 1.807) is 11.8 Å². The number of quaternary nitrogens is 1. The fraction of sp³-hybridized carbons (Fsp3) is 0.880. The second-order valence-corrected chi connectivity index (χ2v) is 9.09. The predicted octanol–water partition coefficient (Wildman–Crippen LogP) is 2.92. The molecule has 0 spiro atoms. The van der Waals surface area contributed by atoms with Crippen LogP contribution in [0.3, 0.4) is 0 Å². The van der Waals surface area contributed by atoms with E-state index >= 15 is 0 Å². The summed E-state index contributed by atoms with van der Waals surface area (Å²) in [5.74, 6) is 0.549. The zero-order valence-corrected chi connectivity index (χ0v) is 22.3. The van der Waals surface area contributed by atoms with Crippen molar-refractivity contribution in [2.45, 2.75) is 117 Å². The molecule has 1 amide bonds. The fourth-order valence-corrected chi connectivity index (χ4v) is 3.42. The Bertz CT molecular complexity index is 376. The van der Waals surface area contributed by atoms with Crippen molar-refractivity contribution in [3.05, 3.63) is 12.2 Å². The Morgan fingerprint density at radius 2 is 1.33 bits per heavy atom. The molecule has 0 aliphatic rings. The fourth-order valence-electron chi connectivity index (χ4n) is 3.16. The van der Waals surface area contributed by atoms with Gasteiger partial charge in [0.05, 0.1) is 20.6 Å². The number of alkyl halides is 1. The molecule has 0 aromatic rings. The molecule has 1 unspecified atom stereocenters. The molecular formula is C25H52Cl2N2O. The van der Waals surface area contributed by atoms with Crippen molar-refractivity contribution < 1.29 is 22.1 Å². The molecule has 0 radical (unpaired) electrons. The van der Waals surface area contributed by atoms with E-state index in [1.807, 2.05) is 0 Å². The summed E-state index contributed by atoms with van der Waals surface area (Å²) in [7, 11) is 4.46. The summed E-state index contributed by atoms with van der Waals surface area (Å²) in [4.78, 5) is 13.1. The Morgan fingerprint density at radius 1 is 0.867 bits per heavy atom. The van der Waals surface area contributed by atoms with Gasteiger partial charge in [-0.15, -0.1) is 11.6 Å². The molecule has 30 heavy (non-hydrogen) atoms. The molecule has 5 heteroatoms. The molecule has 0 saturated heterocycles. The van der Waals surface area contributed by atoms with Crippen LogP contribution < -0.4 is 22.6 Å². The molecular weight excluding hydrogens is 415 g/mol. The first-order chi connectivity index (χ1) is 13.9. The third-order valence-electron chi connectivity index (χ3n) is 5.12. The van der Waals surface area contributed by atoms with Crippen LogP contribution in [0, 0.1) is 0 Å². The summed E-state index contributed by atoms with van der Waals surface area (Å²) in [5.41, 5.74) is 0.567. The van der Waals surface area contributed by atoms with E-state index in [4.69, 9.17) is 11.6 Å². The second-order valence-electron chi connectivity index (χ2n) is 8.71. The molecule has 2 N–H and O–H groups in total. The number of hydrogen-bond acceptors (Lipinski definition) is 1. The van der Waals surface area contributed by atoms with Gasteiger partial charge < -0.3 is 22.6 Å². The molecule has 0 heterocycles. The maximum absolute atomic E-state index is 11.5. The van der Waals surface area contributed by atoms with Crippen molar-refractivity contribution >= 4 is 17.5 Å². The van der Waals surface area contributed by atoms with Crippen molar-refractivity contribution in [3.63, 3.8) is 0 Å². The van der Waals surface area contributed by atoms with Crippen molar-refractivity contribution in [1.29, 1.82) is 0 Å². The van der Waals surface area contributed by atoms with E-state index in [2.05, 4.69) is 39.8 Å². The zero-order valence-electron chi connectivity index (χ0n) is 20.8. The summed E-state index contributed by atoms with van der Waals surface area (Å²) < 4.78 is 0. The van der Waals surface area contributed by atoms with Crippen LogP contribution in [0.4, 0.5) is 0 Å². The molecule has 0 rings (SSSR count). The highest BCUT2D eigenvalue weighted by atomic mass is 35.5. The maximum atomic E-state index is 11.5. The number of unbranched alkanes of at least 4 members (excludes halogenated alkanes) is 10. The number of hydrogen-bond donors (Lipinski definition) is 2. The number of carbonyl (C=O) groups excluding carboxylic acids is 1. The largest absolute Gasteiger partial charge is 1.00 e. The molecule has 0 aliphatic heterocycles. The van der Waals surface area contributed by atoms with Crippen LogP contribution >= 0.6 is 11.6 Å². The normalized spacial score (nSPS) is 11.3. The van der Waals surface area contributed by atoms with E-state index in [0.717, 1.165) is 12.8 Å². The lowest BCUT2D eigenvalue weighted by Gasteiger charge is -2.17. The predicted molar refractivity (Wildman–Crippen MR) is 131 cm³/mol. The molecule has 0 aromatic carbocycles. The van der Waals surface area contributed by atoms with Gasteiger partial charge in [-0.25, -0.2) is 0 Å². The van der Waals surface area contributed by atoms with Crippen molar-refractivity contribution in [2.24, 2.45) is 0 Å². The molecule has 3 nitrogen and oxygen atoms in total. The van der Waals surface area contributed by atoms with E-state index < -0.39 is 0 Å². The Hall–Kier alpha value is -0.250. The van der Waals surface area contributed by atoms with Crippen LogP contribution in [0.15, 0.2) is 12.2 Å². The third kappa shape index (κ3) is 27.8. The van der Waals surface area contributed by atoms with E-state index in [0.29, 0.717) is 11.5 Å². The standard InChI is InChI=1S/C15H28ClNO.C10H23N.ClH/c1-4-5-6-7-8-9-10-14(11-12-16)17-15(18)13(2)3;1-4-5-6-7-8-9-10-11(2)3;/h14H,2,4-12H2,1,3H3,(H,17,18);4-10H2,1-3H3;1H. The van der Waals surface area contributed by atoms with Crippen LogP contribution in [0.1, 0.15) is 111 Å². The van der Waals surface area contributed by atoms with Crippen LogP contribution in [0.5, 0.6) is 0 Å². The van der Waals surface area contributed by atoms with Crippen molar-refractivity contribution in [2.75, 3.05) is 26.5 Å². The highest BCUT2D eigenvalue weighted by Gasteiger charge is 2.11. The molecule has 182 valence electrons. The average Bonchev–Trinajstić information content (AvgIpc) is 2.67. The summed E-state index contributed by atoms with van der Waals surface area (Å²) in [5, 5.41) is 3.00. The lowest BCUT2D eigenvalue weighted by molar-refractivity contribution is -0.858. The number of amides is 1. The van der Waals surface area contributed by atoms with Crippen LogP contribution in [-0.4, -0.2) is 38.5 Å². The Kier molecular flexibility index (Phi) is 30.7. The molecule has 0 aromatic heterocycles. The van der Waals surface area contributed by atoms with Crippen molar-refractivity contribution in [1.82, 2.24) is 5.32 Å². The highest BCUT2D eigenvalue weighted by Crippen LogP contribution is 2.11. The SMILES string of the molecule is C=C(C)C(=O)NC(CCCl)CCCCCCCC.CCCCCCCC[NH+](C)C.[Cl-]. The van der Waals surface area contributed by atoms with E-state index in [9.17, 15) is 4.79 Å². The second kappa shape index (κ2) is 26.8. The zero-order chi connectivity index (χ0) is 22.3. The van der Waals surface area contributed by atoms with Crippen LogP contribution in [-0.2, 0) is 4.79 Å². The summed E-state index contributed by atoms with van der Waals surface area (Å²) in [6.07, 6.45) is 18.0. The van der Waals surface area contributed by atoms with Gasteiger partial charge >= 0.3 is 0 Å². The summed E-state index contributed by atoms with van der Waals surface area (Å²) in [6.45, 7) is 11.2. The average molecular weight is 468 g/mol. The Labute approximate surface area is 200 Å².